The highest BCUT2D eigenvalue weighted by Crippen LogP contribution is 2.32. The van der Waals surface area contributed by atoms with Gasteiger partial charge in [-0.1, -0.05) is 41.9 Å². The Morgan fingerprint density at radius 3 is 2.34 bits per heavy atom. The number of sulfone groups is 1. The van der Waals surface area contributed by atoms with Crippen molar-refractivity contribution in [2.24, 2.45) is 0 Å². The first-order chi connectivity index (χ1) is 15.1. The van der Waals surface area contributed by atoms with Crippen molar-refractivity contribution >= 4 is 33.1 Å². The third kappa shape index (κ3) is 4.61. The Balaban J connectivity index is 1.62. The zero-order chi connectivity index (χ0) is 22.9. The van der Waals surface area contributed by atoms with E-state index in [1.54, 1.807) is 18.2 Å². The van der Waals surface area contributed by atoms with Crippen LogP contribution in [0.4, 0.5) is 24.8 Å². The van der Waals surface area contributed by atoms with Crippen molar-refractivity contribution in [3.05, 3.63) is 83.5 Å². The minimum absolute atomic E-state index is 0.0573. The van der Waals surface area contributed by atoms with Crippen LogP contribution in [0.3, 0.4) is 0 Å². The molecular weight excluding hydrogens is 465 g/mol. The van der Waals surface area contributed by atoms with Gasteiger partial charge in [0.25, 0.3) is 0 Å². The molecule has 0 amide bonds. The zero-order valence-corrected chi connectivity index (χ0v) is 17.6. The highest BCUT2D eigenvalue weighted by Gasteiger charge is 2.30. The summed E-state index contributed by atoms with van der Waals surface area (Å²) in [5, 5.41) is 9.42. The monoisotopic (exact) mass is 478 g/mol. The summed E-state index contributed by atoms with van der Waals surface area (Å²) >= 11 is 6.02. The Morgan fingerprint density at radius 2 is 1.62 bits per heavy atom. The van der Waals surface area contributed by atoms with Crippen molar-refractivity contribution in [2.75, 3.05) is 5.32 Å². The number of H-pyrrole nitrogens is 1. The van der Waals surface area contributed by atoms with Gasteiger partial charge in [-0.05, 0) is 36.4 Å². The summed E-state index contributed by atoms with van der Waals surface area (Å²) < 4.78 is 64.6. The van der Waals surface area contributed by atoms with Gasteiger partial charge in [0, 0.05) is 11.6 Å². The quantitative estimate of drug-likeness (QED) is 0.358. The summed E-state index contributed by atoms with van der Waals surface area (Å²) in [5.74, 6) is 0.323. The highest BCUT2D eigenvalue weighted by molar-refractivity contribution is 7.91. The number of hydrogen-bond acceptors (Lipinski definition) is 5. The molecule has 11 heteroatoms. The average Bonchev–Trinajstić information content (AvgIpc) is 3.22. The molecule has 32 heavy (non-hydrogen) atoms. The first-order valence-electron chi connectivity index (χ1n) is 9.11. The standard InChI is InChI=1S/C21H14ClF3N4O2S/c22-18-10-16(32(30,31)15-7-2-1-3-8-15)11-19(26-18)27-20-12-17(28-29-20)13-5-4-6-14(9-13)21(23,24)25/h1-12H,(H2,26,27,28,29). The molecule has 0 saturated heterocycles. The molecule has 0 aliphatic rings. The first-order valence-corrected chi connectivity index (χ1v) is 11.0. The van der Waals surface area contributed by atoms with Gasteiger partial charge in [0.1, 0.15) is 11.0 Å². The summed E-state index contributed by atoms with van der Waals surface area (Å²) in [6.45, 7) is 0. The molecule has 4 aromatic rings. The average molecular weight is 479 g/mol. The lowest BCUT2D eigenvalue weighted by atomic mass is 10.1. The Labute approximate surface area is 186 Å². The molecule has 0 atom stereocenters. The molecule has 2 aromatic heterocycles. The summed E-state index contributed by atoms with van der Waals surface area (Å²) in [4.78, 5) is 4.08. The van der Waals surface area contributed by atoms with E-state index in [1.807, 2.05) is 0 Å². The second-order valence-corrected chi connectivity index (χ2v) is 9.03. The van der Waals surface area contributed by atoms with Crippen molar-refractivity contribution in [3.8, 4) is 11.3 Å². The van der Waals surface area contributed by atoms with Gasteiger partial charge in [-0.2, -0.15) is 18.3 Å². The molecule has 6 nitrogen and oxygen atoms in total. The fraction of sp³-hybridized carbons (Fsp3) is 0.0476. The van der Waals surface area contributed by atoms with Crippen molar-refractivity contribution in [2.45, 2.75) is 16.0 Å². The van der Waals surface area contributed by atoms with Gasteiger partial charge < -0.3 is 5.32 Å². The van der Waals surface area contributed by atoms with E-state index in [0.717, 1.165) is 12.1 Å². The fourth-order valence-electron chi connectivity index (χ4n) is 2.96. The van der Waals surface area contributed by atoms with Crippen LogP contribution in [0.1, 0.15) is 5.56 Å². The van der Waals surface area contributed by atoms with E-state index in [4.69, 9.17) is 11.6 Å². The number of benzene rings is 2. The van der Waals surface area contributed by atoms with Crippen LogP contribution in [0.5, 0.6) is 0 Å². The number of halogens is 4. The lowest BCUT2D eigenvalue weighted by molar-refractivity contribution is -0.137. The van der Waals surface area contributed by atoms with E-state index in [2.05, 4.69) is 20.5 Å². The van der Waals surface area contributed by atoms with Gasteiger partial charge in [0.05, 0.1) is 21.0 Å². The first kappa shape index (κ1) is 21.8. The van der Waals surface area contributed by atoms with Gasteiger partial charge in [0.15, 0.2) is 5.82 Å². The number of pyridine rings is 1. The molecule has 0 fully saturated rings. The Morgan fingerprint density at radius 1 is 0.875 bits per heavy atom. The molecule has 2 N–H and O–H groups in total. The summed E-state index contributed by atoms with van der Waals surface area (Å²) in [6, 6.07) is 16.6. The number of nitrogens with one attached hydrogen (secondary N) is 2. The molecule has 2 heterocycles. The highest BCUT2D eigenvalue weighted by atomic mass is 35.5. The number of aromatic nitrogens is 3. The number of hydrogen-bond donors (Lipinski definition) is 2. The molecule has 0 aliphatic heterocycles. The maximum atomic E-state index is 13.0. The third-order valence-corrected chi connectivity index (χ3v) is 6.41. The Bertz CT molecular complexity index is 1370. The van der Waals surface area contributed by atoms with Crippen LogP contribution in [0, 0.1) is 0 Å². The molecule has 0 bridgehead atoms. The van der Waals surface area contributed by atoms with Crippen molar-refractivity contribution in [3.63, 3.8) is 0 Å². The van der Waals surface area contributed by atoms with E-state index in [9.17, 15) is 21.6 Å². The molecule has 0 unspecified atom stereocenters. The normalized spacial score (nSPS) is 12.0. The van der Waals surface area contributed by atoms with E-state index < -0.39 is 21.6 Å². The van der Waals surface area contributed by atoms with Crippen LogP contribution in [-0.4, -0.2) is 23.6 Å². The second kappa shape index (κ2) is 8.29. The number of anilines is 2. The Hall–Kier alpha value is -3.37. The lowest BCUT2D eigenvalue weighted by Crippen LogP contribution is -2.04. The maximum Gasteiger partial charge on any atom is 0.416 e. The van der Waals surface area contributed by atoms with E-state index in [1.165, 1.54) is 42.5 Å². The summed E-state index contributed by atoms with van der Waals surface area (Å²) in [6.07, 6.45) is -4.47. The van der Waals surface area contributed by atoms with Gasteiger partial charge in [-0.3, -0.25) is 5.10 Å². The third-order valence-electron chi connectivity index (χ3n) is 4.47. The maximum absolute atomic E-state index is 13.0. The van der Waals surface area contributed by atoms with Crippen molar-refractivity contribution in [1.29, 1.82) is 0 Å². The van der Waals surface area contributed by atoms with Crippen LogP contribution in [-0.2, 0) is 16.0 Å². The molecule has 164 valence electrons. The SMILES string of the molecule is O=S(=O)(c1ccccc1)c1cc(Cl)nc(Nc2cc(-c3cccc(C(F)(F)F)c3)[nH]n2)c1. The van der Waals surface area contributed by atoms with Crippen LogP contribution in [0.2, 0.25) is 5.15 Å². The number of nitrogens with zero attached hydrogens (tertiary/aromatic N) is 2. The van der Waals surface area contributed by atoms with Gasteiger partial charge in [-0.25, -0.2) is 13.4 Å². The zero-order valence-electron chi connectivity index (χ0n) is 16.1. The number of alkyl halides is 3. The topological polar surface area (TPSA) is 87.7 Å². The molecule has 0 radical (unpaired) electrons. The number of rotatable bonds is 5. The fourth-order valence-corrected chi connectivity index (χ4v) is 4.55. The van der Waals surface area contributed by atoms with Crippen molar-refractivity contribution < 1.29 is 21.6 Å². The van der Waals surface area contributed by atoms with E-state index in [-0.39, 0.29) is 32.1 Å². The minimum Gasteiger partial charge on any atom is -0.323 e. The summed E-state index contributed by atoms with van der Waals surface area (Å²) in [7, 11) is -3.83. The molecular formula is C21H14ClF3N4O2S. The van der Waals surface area contributed by atoms with E-state index >= 15 is 0 Å². The molecule has 4 rings (SSSR count). The summed E-state index contributed by atoms with van der Waals surface area (Å²) in [5.41, 5.74) is -0.170. The van der Waals surface area contributed by atoms with Gasteiger partial charge in [-0.15, -0.1) is 0 Å². The minimum atomic E-state index is -4.47. The predicted octanol–water partition coefficient (Wildman–Crippen LogP) is 5.72. The second-order valence-electron chi connectivity index (χ2n) is 6.70. The van der Waals surface area contributed by atoms with Gasteiger partial charge >= 0.3 is 6.18 Å². The van der Waals surface area contributed by atoms with Crippen LogP contribution < -0.4 is 5.32 Å². The van der Waals surface area contributed by atoms with E-state index in [0.29, 0.717) is 5.69 Å². The van der Waals surface area contributed by atoms with Crippen LogP contribution in [0.15, 0.2) is 82.6 Å². The lowest BCUT2D eigenvalue weighted by Gasteiger charge is -2.08. The predicted molar refractivity (Wildman–Crippen MR) is 113 cm³/mol. The largest absolute Gasteiger partial charge is 0.416 e. The molecule has 0 aliphatic carbocycles. The van der Waals surface area contributed by atoms with Crippen molar-refractivity contribution in [1.82, 2.24) is 15.2 Å². The smallest absolute Gasteiger partial charge is 0.323 e. The number of aromatic amines is 1. The Kier molecular flexibility index (Phi) is 5.66. The molecule has 2 aromatic carbocycles. The molecule has 0 spiro atoms. The van der Waals surface area contributed by atoms with Crippen LogP contribution in [0.25, 0.3) is 11.3 Å². The molecule has 0 saturated carbocycles. The van der Waals surface area contributed by atoms with Gasteiger partial charge in [0.2, 0.25) is 9.84 Å². The van der Waals surface area contributed by atoms with Crippen LogP contribution >= 0.6 is 11.6 Å².